The Bertz CT molecular complexity index is 70.0. The molecule has 0 bridgehead atoms. The molecule has 0 aliphatic heterocycles. The minimum Gasteiger partial charge on any atom is -0.394 e. The lowest BCUT2D eigenvalue weighted by Gasteiger charge is -2.19. The molecule has 3 N–H and O–H groups in total. The van der Waals surface area contributed by atoms with Crippen LogP contribution in [0, 0.1) is 0 Å². The molecule has 0 spiro atoms. The maximum absolute atomic E-state index is 8.59. The van der Waals surface area contributed by atoms with Crippen molar-refractivity contribution in [1.29, 1.82) is 0 Å². The third-order valence-electron chi connectivity index (χ3n) is 0.835. The van der Waals surface area contributed by atoms with E-state index in [0.29, 0.717) is 0 Å². The Morgan fingerprint density at radius 2 is 2.11 bits per heavy atom. The zero-order valence-corrected chi connectivity index (χ0v) is 7.39. The van der Waals surface area contributed by atoms with Gasteiger partial charge in [-0.25, -0.2) is 0 Å². The Kier molecular flexibility index (Phi) is 7.29. The molecule has 0 aromatic heterocycles. The van der Waals surface area contributed by atoms with Gasteiger partial charge in [0.15, 0.2) is 0 Å². The molecule has 0 radical (unpaired) electrons. The van der Waals surface area contributed by atoms with Gasteiger partial charge in [0, 0.05) is 11.3 Å². The predicted octanol–water partition coefficient (Wildman–Crippen LogP) is 0.481. The van der Waals surface area contributed by atoms with E-state index >= 15 is 0 Å². The first-order valence-corrected chi connectivity index (χ1v) is 3.90. The minimum atomic E-state index is -0.389. The average molecular weight is 172 g/mol. The topological polar surface area (TPSA) is 46.2 Å². The fraction of sp³-hybridized carbons (Fsp3) is 1.00. The third-order valence-corrected chi connectivity index (χ3v) is 1.78. The van der Waals surface area contributed by atoms with Crippen molar-refractivity contribution in [2.24, 2.45) is 5.73 Å². The van der Waals surface area contributed by atoms with Crippen LogP contribution in [0.25, 0.3) is 0 Å². The SMILES string of the molecule is CSCC(C)(N)CO.Cl. The van der Waals surface area contributed by atoms with E-state index in [1.165, 1.54) is 0 Å². The lowest BCUT2D eigenvalue weighted by molar-refractivity contribution is 0.224. The van der Waals surface area contributed by atoms with Crippen LogP contribution in [0.15, 0.2) is 0 Å². The highest BCUT2D eigenvalue weighted by Crippen LogP contribution is 2.04. The van der Waals surface area contributed by atoms with Crippen LogP contribution in [0.4, 0.5) is 0 Å². The first kappa shape index (κ1) is 12.3. The van der Waals surface area contributed by atoms with Crippen molar-refractivity contribution in [2.45, 2.75) is 12.5 Å². The molecule has 1 atom stereocenters. The average Bonchev–Trinajstić information content (AvgIpc) is 1.67. The molecule has 9 heavy (non-hydrogen) atoms. The first-order chi connectivity index (χ1) is 3.62. The summed E-state index contributed by atoms with van der Waals surface area (Å²) in [5.41, 5.74) is 5.17. The first-order valence-electron chi connectivity index (χ1n) is 2.51. The van der Waals surface area contributed by atoms with Gasteiger partial charge in [-0.2, -0.15) is 11.8 Å². The summed E-state index contributed by atoms with van der Waals surface area (Å²) in [6.45, 7) is 1.90. The second-order valence-electron chi connectivity index (χ2n) is 2.25. The molecule has 0 amide bonds. The minimum absolute atomic E-state index is 0. The van der Waals surface area contributed by atoms with Gasteiger partial charge in [0.25, 0.3) is 0 Å². The molecule has 58 valence electrons. The third kappa shape index (κ3) is 6.45. The van der Waals surface area contributed by atoms with Gasteiger partial charge in [0.2, 0.25) is 0 Å². The van der Waals surface area contributed by atoms with Gasteiger partial charge in [0.1, 0.15) is 0 Å². The van der Waals surface area contributed by atoms with E-state index in [9.17, 15) is 0 Å². The Labute approximate surface area is 66.6 Å². The molecule has 2 nitrogen and oxygen atoms in total. The lowest BCUT2D eigenvalue weighted by atomic mass is 10.1. The fourth-order valence-corrected chi connectivity index (χ4v) is 1.13. The van der Waals surface area contributed by atoms with Crippen LogP contribution >= 0.6 is 24.2 Å². The molecule has 0 aromatic carbocycles. The van der Waals surface area contributed by atoms with Crippen LogP contribution < -0.4 is 5.73 Å². The van der Waals surface area contributed by atoms with Crippen molar-refractivity contribution < 1.29 is 5.11 Å². The van der Waals surface area contributed by atoms with Gasteiger partial charge in [-0.3, -0.25) is 0 Å². The summed E-state index contributed by atoms with van der Waals surface area (Å²) in [7, 11) is 0. The number of aliphatic hydroxyl groups is 1. The number of aliphatic hydroxyl groups excluding tert-OH is 1. The van der Waals surface area contributed by atoms with Crippen molar-refractivity contribution in [2.75, 3.05) is 18.6 Å². The Balaban J connectivity index is 0. The summed E-state index contributed by atoms with van der Waals surface area (Å²) in [5.74, 6) is 0.809. The maximum atomic E-state index is 8.59. The van der Waals surface area contributed by atoms with Crippen LogP contribution in [0.1, 0.15) is 6.92 Å². The maximum Gasteiger partial charge on any atom is 0.0616 e. The van der Waals surface area contributed by atoms with Crippen LogP contribution in [0.3, 0.4) is 0 Å². The summed E-state index contributed by atoms with van der Waals surface area (Å²) in [4.78, 5) is 0. The molecule has 0 aromatic rings. The number of rotatable bonds is 3. The second-order valence-corrected chi connectivity index (χ2v) is 3.11. The summed E-state index contributed by atoms with van der Waals surface area (Å²) in [6.07, 6.45) is 1.97. The zero-order chi connectivity index (χ0) is 6.62. The predicted molar refractivity (Wildman–Crippen MR) is 45.3 cm³/mol. The van der Waals surface area contributed by atoms with E-state index in [-0.39, 0.29) is 24.6 Å². The van der Waals surface area contributed by atoms with Crippen molar-refractivity contribution >= 4 is 24.2 Å². The highest BCUT2D eigenvalue weighted by molar-refractivity contribution is 7.98. The molecule has 0 heterocycles. The number of nitrogens with two attached hydrogens (primary N) is 1. The molecule has 0 aliphatic rings. The Morgan fingerprint density at radius 3 is 2.22 bits per heavy atom. The Morgan fingerprint density at radius 1 is 1.67 bits per heavy atom. The molecule has 1 unspecified atom stereocenters. The van der Waals surface area contributed by atoms with Gasteiger partial charge in [-0.15, -0.1) is 12.4 Å². The standard InChI is InChI=1S/C5H13NOS.ClH/c1-5(6,3-7)4-8-2;/h7H,3-4,6H2,1-2H3;1H. The number of hydrogen-bond acceptors (Lipinski definition) is 3. The lowest BCUT2D eigenvalue weighted by Crippen LogP contribution is -2.42. The number of thioether (sulfide) groups is 1. The fourth-order valence-electron chi connectivity index (χ4n) is 0.375. The molecule has 0 rings (SSSR count). The van der Waals surface area contributed by atoms with E-state index in [1.54, 1.807) is 11.8 Å². The van der Waals surface area contributed by atoms with Crippen molar-refractivity contribution in [3.8, 4) is 0 Å². The Hall–Kier alpha value is 0.560. The molecular weight excluding hydrogens is 158 g/mol. The number of halogens is 1. The highest BCUT2D eigenvalue weighted by Gasteiger charge is 2.14. The second kappa shape index (κ2) is 5.35. The van der Waals surface area contributed by atoms with E-state index < -0.39 is 0 Å². The van der Waals surface area contributed by atoms with E-state index in [2.05, 4.69) is 0 Å². The van der Waals surface area contributed by atoms with Crippen LogP contribution in [-0.4, -0.2) is 29.3 Å². The molecule has 0 saturated carbocycles. The van der Waals surface area contributed by atoms with Crippen molar-refractivity contribution in [3.63, 3.8) is 0 Å². The molecule has 0 aliphatic carbocycles. The smallest absolute Gasteiger partial charge is 0.0616 e. The number of hydrogen-bond donors (Lipinski definition) is 2. The molecule has 0 fully saturated rings. The van der Waals surface area contributed by atoms with Crippen molar-refractivity contribution in [3.05, 3.63) is 0 Å². The van der Waals surface area contributed by atoms with E-state index in [1.807, 2.05) is 13.2 Å². The van der Waals surface area contributed by atoms with Crippen molar-refractivity contribution in [1.82, 2.24) is 0 Å². The zero-order valence-electron chi connectivity index (χ0n) is 5.76. The normalized spacial score (nSPS) is 16.0. The summed E-state index contributed by atoms with van der Waals surface area (Å²) >= 11 is 1.65. The monoisotopic (exact) mass is 171 g/mol. The van der Waals surface area contributed by atoms with E-state index in [4.69, 9.17) is 10.8 Å². The van der Waals surface area contributed by atoms with Gasteiger partial charge >= 0.3 is 0 Å². The quantitative estimate of drug-likeness (QED) is 0.650. The van der Waals surface area contributed by atoms with Crippen LogP contribution in [0.2, 0.25) is 0 Å². The summed E-state index contributed by atoms with van der Waals surface area (Å²) in [6, 6.07) is 0. The highest BCUT2D eigenvalue weighted by atomic mass is 35.5. The largest absolute Gasteiger partial charge is 0.394 e. The summed E-state index contributed by atoms with van der Waals surface area (Å²) < 4.78 is 0. The summed E-state index contributed by atoms with van der Waals surface area (Å²) in [5, 5.41) is 8.59. The van der Waals surface area contributed by atoms with Gasteiger partial charge in [-0.1, -0.05) is 0 Å². The van der Waals surface area contributed by atoms with E-state index in [0.717, 1.165) is 5.75 Å². The molecular formula is C5H14ClNOS. The van der Waals surface area contributed by atoms with Gasteiger partial charge in [-0.05, 0) is 13.2 Å². The van der Waals surface area contributed by atoms with Crippen LogP contribution in [0.5, 0.6) is 0 Å². The van der Waals surface area contributed by atoms with Gasteiger partial charge in [0.05, 0.1) is 6.61 Å². The molecule has 0 saturated heterocycles. The molecule has 4 heteroatoms. The van der Waals surface area contributed by atoms with Crippen LogP contribution in [-0.2, 0) is 0 Å². The van der Waals surface area contributed by atoms with Gasteiger partial charge < -0.3 is 10.8 Å².